The number of nitrogens with one attached hydrogen (secondary N) is 1. The third kappa shape index (κ3) is 2.64. The van der Waals surface area contributed by atoms with Gasteiger partial charge in [0.1, 0.15) is 6.07 Å². The molecule has 0 aliphatic rings. The highest BCUT2D eigenvalue weighted by Gasteiger charge is 2.09. The van der Waals surface area contributed by atoms with Crippen LogP contribution in [0.4, 0.5) is 11.4 Å². The first kappa shape index (κ1) is 14.1. The van der Waals surface area contributed by atoms with E-state index in [9.17, 15) is 5.26 Å². The van der Waals surface area contributed by atoms with Gasteiger partial charge in [-0.3, -0.25) is 4.98 Å². The molecule has 3 heteroatoms. The Kier molecular flexibility index (Phi) is 3.76. The number of rotatable bonds is 3. The lowest BCUT2D eigenvalue weighted by molar-refractivity contribution is 1.14. The van der Waals surface area contributed by atoms with Gasteiger partial charge in [0.2, 0.25) is 0 Å². The molecular weight excluding hydrogens is 270 g/mol. The van der Waals surface area contributed by atoms with E-state index in [1.807, 2.05) is 31.2 Å². The number of pyridine rings is 1. The first-order valence-corrected chi connectivity index (χ1v) is 7.36. The van der Waals surface area contributed by atoms with Gasteiger partial charge in [-0.2, -0.15) is 5.26 Å². The second-order valence-corrected chi connectivity index (χ2v) is 5.35. The van der Waals surface area contributed by atoms with E-state index in [4.69, 9.17) is 0 Å². The molecule has 0 saturated heterocycles. The van der Waals surface area contributed by atoms with Crippen molar-refractivity contribution in [1.29, 1.82) is 5.26 Å². The van der Waals surface area contributed by atoms with Crippen molar-refractivity contribution < 1.29 is 0 Å². The summed E-state index contributed by atoms with van der Waals surface area (Å²) >= 11 is 0. The minimum atomic E-state index is 0.553. The maximum atomic E-state index is 9.38. The normalized spacial score (nSPS) is 10.4. The Bertz CT molecular complexity index is 858. The zero-order chi connectivity index (χ0) is 15.5. The van der Waals surface area contributed by atoms with Crippen molar-refractivity contribution in [3.63, 3.8) is 0 Å². The molecule has 0 aliphatic heterocycles. The van der Waals surface area contributed by atoms with E-state index in [2.05, 4.69) is 41.5 Å². The van der Waals surface area contributed by atoms with Gasteiger partial charge in [0.25, 0.3) is 0 Å². The highest BCUT2D eigenvalue weighted by atomic mass is 14.9. The average Bonchev–Trinajstić information content (AvgIpc) is 2.56. The molecule has 1 N–H and O–H groups in total. The molecule has 0 bridgehead atoms. The van der Waals surface area contributed by atoms with Gasteiger partial charge in [0.15, 0.2) is 0 Å². The number of anilines is 2. The second-order valence-electron chi connectivity index (χ2n) is 5.35. The summed E-state index contributed by atoms with van der Waals surface area (Å²) in [5, 5.41) is 13.7. The van der Waals surface area contributed by atoms with Crippen molar-refractivity contribution in [2.45, 2.75) is 20.3 Å². The van der Waals surface area contributed by atoms with Crippen LogP contribution in [0.2, 0.25) is 0 Å². The van der Waals surface area contributed by atoms with Crippen molar-refractivity contribution in [2.75, 3.05) is 5.32 Å². The average molecular weight is 287 g/mol. The van der Waals surface area contributed by atoms with Crippen molar-refractivity contribution in [1.82, 2.24) is 4.98 Å². The number of fused-ring (bicyclic) bond motifs is 1. The van der Waals surface area contributed by atoms with Crippen LogP contribution in [0, 0.1) is 18.3 Å². The van der Waals surface area contributed by atoms with Crippen molar-refractivity contribution in [3.05, 3.63) is 65.4 Å². The molecule has 0 spiro atoms. The molecule has 108 valence electrons. The molecule has 0 atom stereocenters. The molecule has 3 aromatic rings. The van der Waals surface area contributed by atoms with E-state index in [1.165, 1.54) is 5.56 Å². The molecule has 0 aliphatic carbocycles. The third-order valence-corrected chi connectivity index (χ3v) is 3.78. The van der Waals surface area contributed by atoms with Gasteiger partial charge in [0.05, 0.1) is 16.8 Å². The molecule has 0 unspecified atom stereocenters. The van der Waals surface area contributed by atoms with E-state index >= 15 is 0 Å². The van der Waals surface area contributed by atoms with Gasteiger partial charge in [-0.05, 0) is 43.2 Å². The van der Waals surface area contributed by atoms with Crippen LogP contribution in [0.25, 0.3) is 10.9 Å². The summed E-state index contributed by atoms with van der Waals surface area (Å²) in [6.45, 7) is 4.17. The molecular formula is C19H17N3. The third-order valence-electron chi connectivity index (χ3n) is 3.78. The van der Waals surface area contributed by atoms with Gasteiger partial charge in [-0.1, -0.05) is 30.7 Å². The molecule has 1 aromatic heterocycles. The van der Waals surface area contributed by atoms with Crippen LogP contribution in [-0.4, -0.2) is 4.98 Å². The Hall–Kier alpha value is -2.86. The van der Waals surface area contributed by atoms with Crippen molar-refractivity contribution in [3.8, 4) is 6.07 Å². The Morgan fingerprint density at radius 3 is 2.59 bits per heavy atom. The summed E-state index contributed by atoms with van der Waals surface area (Å²) in [6, 6.07) is 16.6. The number of nitrogens with zero attached hydrogens (tertiary/aromatic N) is 2. The van der Waals surface area contributed by atoms with E-state index in [0.717, 1.165) is 34.3 Å². The fourth-order valence-electron chi connectivity index (χ4n) is 2.49. The lowest BCUT2D eigenvalue weighted by Gasteiger charge is -2.12. The van der Waals surface area contributed by atoms with Gasteiger partial charge >= 0.3 is 0 Å². The van der Waals surface area contributed by atoms with Crippen LogP contribution in [-0.2, 0) is 6.42 Å². The maximum Gasteiger partial charge on any atom is 0.103 e. The SMILES string of the molecule is CCc1ccc(Nc2c(C#N)cnc3ccc(C)cc23)cc1. The number of hydrogen-bond donors (Lipinski definition) is 1. The summed E-state index contributed by atoms with van der Waals surface area (Å²) in [4.78, 5) is 4.36. The van der Waals surface area contributed by atoms with Crippen LogP contribution in [0.3, 0.4) is 0 Å². The fraction of sp³-hybridized carbons (Fsp3) is 0.158. The zero-order valence-electron chi connectivity index (χ0n) is 12.7. The van der Waals surface area contributed by atoms with Gasteiger partial charge in [-0.15, -0.1) is 0 Å². The maximum absolute atomic E-state index is 9.38. The highest BCUT2D eigenvalue weighted by molar-refractivity contribution is 5.96. The fourth-order valence-corrected chi connectivity index (χ4v) is 2.49. The summed E-state index contributed by atoms with van der Waals surface area (Å²) in [5.41, 5.74) is 5.67. The lowest BCUT2D eigenvalue weighted by atomic mass is 10.1. The molecule has 3 nitrogen and oxygen atoms in total. The topological polar surface area (TPSA) is 48.7 Å². The number of aromatic nitrogens is 1. The number of aryl methyl sites for hydroxylation is 2. The van der Waals surface area contributed by atoms with Crippen molar-refractivity contribution >= 4 is 22.3 Å². The molecule has 0 saturated carbocycles. The Morgan fingerprint density at radius 2 is 1.91 bits per heavy atom. The summed E-state index contributed by atoms with van der Waals surface area (Å²) in [6.07, 6.45) is 2.64. The quantitative estimate of drug-likeness (QED) is 0.758. The van der Waals surface area contributed by atoms with E-state index in [0.29, 0.717) is 5.56 Å². The zero-order valence-corrected chi connectivity index (χ0v) is 12.7. The predicted octanol–water partition coefficient (Wildman–Crippen LogP) is 4.72. The molecule has 0 fully saturated rings. The van der Waals surface area contributed by atoms with Crippen LogP contribution in [0.5, 0.6) is 0 Å². The Labute approximate surface area is 130 Å². The van der Waals surface area contributed by atoms with E-state index in [-0.39, 0.29) is 0 Å². The van der Waals surface area contributed by atoms with Crippen LogP contribution in [0.15, 0.2) is 48.7 Å². The van der Waals surface area contributed by atoms with Crippen molar-refractivity contribution in [2.24, 2.45) is 0 Å². The van der Waals surface area contributed by atoms with Crippen LogP contribution < -0.4 is 5.32 Å². The minimum Gasteiger partial charge on any atom is -0.354 e. The summed E-state index contributed by atoms with van der Waals surface area (Å²) in [7, 11) is 0. The first-order chi connectivity index (χ1) is 10.7. The van der Waals surface area contributed by atoms with Gasteiger partial charge < -0.3 is 5.32 Å². The largest absolute Gasteiger partial charge is 0.354 e. The smallest absolute Gasteiger partial charge is 0.103 e. The Balaban J connectivity index is 2.11. The van der Waals surface area contributed by atoms with Crippen LogP contribution in [0.1, 0.15) is 23.6 Å². The second kappa shape index (κ2) is 5.87. The first-order valence-electron chi connectivity index (χ1n) is 7.36. The summed E-state index contributed by atoms with van der Waals surface area (Å²) in [5.74, 6) is 0. The molecule has 2 aromatic carbocycles. The molecule has 1 heterocycles. The van der Waals surface area contributed by atoms with E-state index < -0.39 is 0 Å². The summed E-state index contributed by atoms with van der Waals surface area (Å²) < 4.78 is 0. The number of hydrogen-bond acceptors (Lipinski definition) is 3. The predicted molar refractivity (Wildman–Crippen MR) is 90.3 cm³/mol. The number of benzene rings is 2. The number of nitriles is 1. The lowest BCUT2D eigenvalue weighted by Crippen LogP contribution is -1.97. The highest BCUT2D eigenvalue weighted by Crippen LogP contribution is 2.29. The minimum absolute atomic E-state index is 0.553. The monoisotopic (exact) mass is 287 g/mol. The molecule has 0 amide bonds. The molecule has 22 heavy (non-hydrogen) atoms. The standard InChI is InChI=1S/C19H17N3/c1-3-14-5-7-16(8-6-14)22-19-15(11-20)12-21-18-9-4-13(2)10-17(18)19/h4-10,12H,3H2,1-2H3,(H,21,22). The van der Waals surface area contributed by atoms with E-state index in [1.54, 1.807) is 6.20 Å². The van der Waals surface area contributed by atoms with Crippen LogP contribution >= 0.6 is 0 Å². The van der Waals surface area contributed by atoms with Gasteiger partial charge in [0, 0.05) is 17.3 Å². The molecule has 0 radical (unpaired) electrons. The Morgan fingerprint density at radius 1 is 1.14 bits per heavy atom. The van der Waals surface area contributed by atoms with Gasteiger partial charge in [-0.25, -0.2) is 0 Å². The molecule has 3 rings (SSSR count).